The van der Waals surface area contributed by atoms with Crippen LogP contribution in [-0.2, 0) is 18.4 Å². The van der Waals surface area contributed by atoms with Crippen LogP contribution < -0.4 is 10.2 Å². The Morgan fingerprint density at radius 2 is 1.38 bits per heavy atom. The summed E-state index contributed by atoms with van der Waals surface area (Å²) in [6.45, 7) is 4.53. The lowest BCUT2D eigenvalue weighted by molar-refractivity contribution is -0.870. The van der Waals surface area contributed by atoms with Crippen molar-refractivity contribution in [2.45, 2.75) is 135 Å². The molecule has 0 aliphatic rings. The molecule has 2 N–H and O–H groups in total. The second-order valence-electron chi connectivity index (χ2n) is 11.8. The largest absolute Gasteiger partial charge is 0.756 e. The topological polar surface area (TPSA) is 108 Å². The monoisotopic (exact) mass is 576 g/mol. The van der Waals surface area contributed by atoms with Crippen molar-refractivity contribution >= 4 is 13.7 Å². The molecule has 0 radical (unpaired) electrons. The standard InChI is InChI=1S/C30H61N2O6P/c1-6-8-10-12-14-15-16-18-20-22-24-30(34)31-28(29(33)23-21-19-17-13-11-9-7-2)27-38-39(35,36)37-26-25-32(3,4)5/h21,23,28-29,33H,6-20,22,24-27H2,1-5H3,(H-,31,34,35,36)/b23-21+. The summed E-state index contributed by atoms with van der Waals surface area (Å²) in [5, 5.41) is 13.5. The number of hydrogen-bond acceptors (Lipinski definition) is 6. The van der Waals surface area contributed by atoms with Crippen LogP contribution in [0.4, 0.5) is 0 Å². The molecular formula is C30H61N2O6P. The van der Waals surface area contributed by atoms with E-state index in [1.54, 1.807) is 6.08 Å². The molecule has 232 valence electrons. The third-order valence-corrected chi connectivity index (χ3v) is 7.71. The molecule has 9 heteroatoms. The van der Waals surface area contributed by atoms with Gasteiger partial charge in [-0.25, -0.2) is 0 Å². The van der Waals surface area contributed by atoms with E-state index in [1.807, 2.05) is 27.2 Å². The van der Waals surface area contributed by atoms with E-state index in [0.717, 1.165) is 38.5 Å². The summed E-state index contributed by atoms with van der Waals surface area (Å²) < 4.78 is 22.8. The first-order valence-corrected chi connectivity index (χ1v) is 17.0. The van der Waals surface area contributed by atoms with Crippen molar-refractivity contribution < 1.29 is 32.9 Å². The third kappa shape index (κ3) is 25.9. The van der Waals surface area contributed by atoms with Crippen LogP contribution in [0.15, 0.2) is 12.2 Å². The summed E-state index contributed by atoms with van der Waals surface area (Å²) in [5.41, 5.74) is 0. The first-order valence-electron chi connectivity index (χ1n) is 15.6. The zero-order valence-corrected chi connectivity index (χ0v) is 26.7. The van der Waals surface area contributed by atoms with E-state index in [-0.39, 0.29) is 19.1 Å². The summed E-state index contributed by atoms with van der Waals surface area (Å²) >= 11 is 0. The van der Waals surface area contributed by atoms with Crippen molar-refractivity contribution in [3.8, 4) is 0 Å². The predicted octanol–water partition coefficient (Wildman–Crippen LogP) is 6.27. The van der Waals surface area contributed by atoms with E-state index in [0.29, 0.717) is 17.4 Å². The quantitative estimate of drug-likeness (QED) is 0.0517. The van der Waals surface area contributed by atoms with E-state index >= 15 is 0 Å². The number of phosphoric ester groups is 1. The smallest absolute Gasteiger partial charge is 0.268 e. The highest BCUT2D eigenvalue weighted by Gasteiger charge is 2.23. The van der Waals surface area contributed by atoms with Crippen molar-refractivity contribution in [1.29, 1.82) is 0 Å². The van der Waals surface area contributed by atoms with Crippen LogP contribution in [-0.4, -0.2) is 68.5 Å². The van der Waals surface area contributed by atoms with Crippen LogP contribution in [0.5, 0.6) is 0 Å². The Bertz CT molecular complexity index is 668. The number of aliphatic hydroxyl groups is 1. The molecule has 0 fully saturated rings. The molecule has 0 aromatic heterocycles. The molecule has 0 aliphatic carbocycles. The summed E-state index contributed by atoms with van der Waals surface area (Å²) in [6.07, 6.45) is 21.3. The van der Waals surface area contributed by atoms with Gasteiger partial charge in [0.2, 0.25) is 5.91 Å². The number of phosphoric acid groups is 1. The van der Waals surface area contributed by atoms with E-state index in [2.05, 4.69) is 19.2 Å². The molecule has 0 rings (SSSR count). The number of likely N-dealkylation sites (N-methyl/N-ethyl adjacent to an activating group) is 1. The highest BCUT2D eigenvalue weighted by atomic mass is 31.2. The lowest BCUT2D eigenvalue weighted by Crippen LogP contribution is -2.45. The van der Waals surface area contributed by atoms with Crippen molar-refractivity contribution in [1.82, 2.24) is 5.32 Å². The number of rotatable bonds is 27. The minimum absolute atomic E-state index is 0.000527. The van der Waals surface area contributed by atoms with Crippen LogP contribution in [0.3, 0.4) is 0 Å². The molecule has 0 aromatic carbocycles. The summed E-state index contributed by atoms with van der Waals surface area (Å²) in [5.74, 6) is -0.207. The maximum absolute atomic E-state index is 12.6. The number of carbonyl (C=O) groups excluding carboxylic acids is 1. The molecule has 0 spiro atoms. The summed E-state index contributed by atoms with van der Waals surface area (Å²) in [4.78, 5) is 24.8. The maximum atomic E-state index is 12.6. The Hall–Kier alpha value is -0.760. The fraction of sp³-hybridized carbons (Fsp3) is 0.900. The number of quaternary nitrogens is 1. The van der Waals surface area contributed by atoms with Gasteiger partial charge in [0, 0.05) is 6.42 Å². The zero-order chi connectivity index (χ0) is 29.4. The van der Waals surface area contributed by atoms with Gasteiger partial charge in [-0.05, 0) is 19.3 Å². The van der Waals surface area contributed by atoms with Gasteiger partial charge in [-0.3, -0.25) is 9.36 Å². The molecule has 0 bridgehead atoms. The highest BCUT2D eigenvalue weighted by molar-refractivity contribution is 7.45. The van der Waals surface area contributed by atoms with Crippen molar-refractivity contribution in [2.75, 3.05) is 40.9 Å². The minimum Gasteiger partial charge on any atom is -0.756 e. The summed E-state index contributed by atoms with van der Waals surface area (Å²) in [7, 11) is 1.26. The molecule has 3 unspecified atom stereocenters. The van der Waals surface area contributed by atoms with Gasteiger partial charge >= 0.3 is 0 Å². The molecule has 0 aliphatic heterocycles. The van der Waals surface area contributed by atoms with Crippen LogP contribution >= 0.6 is 7.82 Å². The van der Waals surface area contributed by atoms with Gasteiger partial charge in [0.05, 0.1) is 39.9 Å². The predicted molar refractivity (Wildman–Crippen MR) is 159 cm³/mol. The normalized spacial score (nSPS) is 15.4. The molecule has 0 saturated heterocycles. The molecule has 0 aromatic rings. The van der Waals surface area contributed by atoms with E-state index < -0.39 is 20.0 Å². The maximum Gasteiger partial charge on any atom is 0.268 e. The SMILES string of the molecule is CCCCCCC/C=C/C(O)C(COP(=O)([O-])OCC[N+](C)(C)C)NC(=O)CCCCCCCCCCCC. The van der Waals surface area contributed by atoms with Gasteiger partial charge in [0.25, 0.3) is 7.82 Å². The Morgan fingerprint density at radius 3 is 1.92 bits per heavy atom. The number of nitrogens with one attached hydrogen (secondary N) is 1. The number of hydrogen-bond donors (Lipinski definition) is 2. The van der Waals surface area contributed by atoms with Crippen LogP contribution in [0.1, 0.15) is 123 Å². The number of aliphatic hydroxyl groups excluding tert-OH is 1. The van der Waals surface area contributed by atoms with Crippen LogP contribution in [0, 0.1) is 0 Å². The van der Waals surface area contributed by atoms with Gasteiger partial charge in [0.15, 0.2) is 0 Å². The van der Waals surface area contributed by atoms with Crippen molar-refractivity contribution in [2.24, 2.45) is 0 Å². The first kappa shape index (κ1) is 38.2. The molecule has 3 atom stereocenters. The Labute approximate surface area is 240 Å². The van der Waals surface area contributed by atoms with Crippen molar-refractivity contribution in [3.63, 3.8) is 0 Å². The average Bonchev–Trinajstić information content (AvgIpc) is 2.86. The lowest BCUT2D eigenvalue weighted by atomic mass is 10.1. The number of allylic oxidation sites excluding steroid dienone is 1. The highest BCUT2D eigenvalue weighted by Crippen LogP contribution is 2.38. The van der Waals surface area contributed by atoms with Gasteiger partial charge in [-0.15, -0.1) is 0 Å². The second kappa shape index (κ2) is 23.9. The fourth-order valence-electron chi connectivity index (χ4n) is 4.15. The Morgan fingerprint density at radius 1 is 0.872 bits per heavy atom. The molecule has 1 amide bonds. The van der Waals surface area contributed by atoms with E-state index in [9.17, 15) is 19.4 Å². The molecule has 0 saturated carbocycles. The average molecular weight is 577 g/mol. The lowest BCUT2D eigenvalue weighted by Gasteiger charge is -2.29. The molecular weight excluding hydrogens is 515 g/mol. The zero-order valence-electron chi connectivity index (χ0n) is 25.8. The fourth-order valence-corrected chi connectivity index (χ4v) is 4.87. The minimum atomic E-state index is -4.56. The van der Waals surface area contributed by atoms with Gasteiger partial charge in [-0.1, -0.05) is 109 Å². The summed E-state index contributed by atoms with van der Waals surface area (Å²) in [6, 6.07) is -0.874. The number of unbranched alkanes of at least 4 members (excludes halogenated alkanes) is 14. The van der Waals surface area contributed by atoms with Crippen LogP contribution in [0.2, 0.25) is 0 Å². The molecule has 39 heavy (non-hydrogen) atoms. The van der Waals surface area contributed by atoms with Gasteiger partial charge in [0.1, 0.15) is 13.2 Å². The number of carbonyl (C=O) groups is 1. The number of amides is 1. The Kier molecular flexibility index (Phi) is 23.4. The molecule has 8 nitrogen and oxygen atoms in total. The molecule has 0 heterocycles. The van der Waals surface area contributed by atoms with E-state index in [1.165, 1.54) is 64.2 Å². The van der Waals surface area contributed by atoms with Gasteiger partial charge in [-0.2, -0.15) is 0 Å². The van der Waals surface area contributed by atoms with Crippen molar-refractivity contribution in [3.05, 3.63) is 12.2 Å². The van der Waals surface area contributed by atoms with Crippen LogP contribution in [0.25, 0.3) is 0 Å². The first-order chi connectivity index (χ1) is 18.5. The van der Waals surface area contributed by atoms with Gasteiger partial charge < -0.3 is 28.8 Å². The number of nitrogens with zero attached hydrogens (tertiary/aromatic N) is 1. The third-order valence-electron chi connectivity index (χ3n) is 6.75. The second-order valence-corrected chi connectivity index (χ2v) is 13.2. The Balaban J connectivity index is 4.63. The van der Waals surface area contributed by atoms with E-state index in [4.69, 9.17) is 9.05 Å².